The van der Waals surface area contributed by atoms with Gasteiger partial charge in [0.1, 0.15) is 0 Å². The molecule has 0 aromatic rings. The molecule has 0 aromatic heterocycles. The number of aliphatic imine (C=N–C) groups is 1. The Kier molecular flexibility index (Phi) is 14.7. The molecule has 1 fully saturated rings. The highest BCUT2D eigenvalue weighted by atomic mass is 127. The summed E-state index contributed by atoms with van der Waals surface area (Å²) in [6, 6.07) is 0.253. The fourth-order valence-corrected chi connectivity index (χ4v) is 4.85. The molecule has 0 bridgehead atoms. The molecule has 1 saturated heterocycles. The number of hydrogen-bond acceptors (Lipinski definition) is 4. The lowest BCUT2D eigenvalue weighted by Gasteiger charge is -2.32. The molecule has 1 rings (SSSR count). The number of hydrogen-bond donors (Lipinski definition) is 2. The smallest absolute Gasteiger partial charge is 0.214 e. The van der Waals surface area contributed by atoms with Gasteiger partial charge in [-0.15, -0.1) is 24.0 Å². The average Bonchev–Trinajstić information content (AvgIpc) is 2.61. The number of guanidine groups is 1. The molecular weight excluding hydrogens is 491 g/mol. The lowest BCUT2D eigenvalue weighted by molar-refractivity contribution is 0.0266. The normalized spacial score (nSPS) is 18.0. The van der Waals surface area contributed by atoms with Crippen LogP contribution in [0.3, 0.4) is 0 Å². The summed E-state index contributed by atoms with van der Waals surface area (Å²) in [6.45, 7) is 13.7. The number of nitrogens with one attached hydrogen (secondary N) is 2. The zero-order valence-corrected chi connectivity index (χ0v) is 21.4. The van der Waals surface area contributed by atoms with E-state index in [0.717, 1.165) is 38.4 Å². The molecule has 0 saturated carbocycles. The first-order valence-electron chi connectivity index (χ1n) is 10.5. The van der Waals surface area contributed by atoms with E-state index in [1.807, 2.05) is 20.8 Å². The van der Waals surface area contributed by atoms with Crippen molar-refractivity contribution in [2.24, 2.45) is 10.9 Å². The van der Waals surface area contributed by atoms with Gasteiger partial charge in [0.05, 0.1) is 11.9 Å². The van der Waals surface area contributed by atoms with E-state index in [1.165, 1.54) is 0 Å². The maximum atomic E-state index is 12.2. The number of nitrogens with zero attached hydrogens (tertiary/aromatic N) is 2. The minimum absolute atomic E-state index is 0. The summed E-state index contributed by atoms with van der Waals surface area (Å²) in [5, 5.41) is 6.77. The lowest BCUT2D eigenvalue weighted by Crippen LogP contribution is -2.50. The van der Waals surface area contributed by atoms with Crippen LogP contribution in [0.15, 0.2) is 4.99 Å². The van der Waals surface area contributed by atoms with Gasteiger partial charge in [-0.2, -0.15) is 0 Å². The molecule has 0 spiro atoms. The van der Waals surface area contributed by atoms with Crippen LogP contribution in [0, 0.1) is 5.92 Å². The molecule has 2 N–H and O–H groups in total. The Labute approximate surface area is 189 Å². The third-order valence-corrected chi connectivity index (χ3v) is 6.88. The Balaban J connectivity index is 0.00000729. The molecule has 168 valence electrons. The zero-order chi connectivity index (χ0) is 20.3. The van der Waals surface area contributed by atoms with Gasteiger partial charge in [-0.25, -0.2) is 12.7 Å². The van der Waals surface area contributed by atoms with Crippen LogP contribution in [-0.4, -0.2) is 69.4 Å². The van der Waals surface area contributed by atoms with Gasteiger partial charge in [0, 0.05) is 38.8 Å². The SMILES string of the molecule is CCCS(=O)(=O)N1CCC(NC(=NCCC(OCC)C(C)C)NCC)CC1.I. The van der Waals surface area contributed by atoms with E-state index in [2.05, 4.69) is 24.5 Å². The van der Waals surface area contributed by atoms with Crippen molar-refractivity contribution in [1.29, 1.82) is 0 Å². The van der Waals surface area contributed by atoms with E-state index in [-0.39, 0.29) is 41.9 Å². The Morgan fingerprint density at radius 3 is 2.36 bits per heavy atom. The van der Waals surface area contributed by atoms with Crippen LogP contribution in [0.25, 0.3) is 0 Å². The summed E-state index contributed by atoms with van der Waals surface area (Å²) in [7, 11) is -3.09. The molecule has 0 amide bonds. The van der Waals surface area contributed by atoms with E-state index in [9.17, 15) is 8.42 Å². The Bertz CT molecular complexity index is 535. The minimum Gasteiger partial charge on any atom is -0.378 e. The lowest BCUT2D eigenvalue weighted by atomic mass is 10.0. The van der Waals surface area contributed by atoms with Gasteiger partial charge in [0.2, 0.25) is 10.0 Å². The average molecular weight is 533 g/mol. The number of piperidine rings is 1. The zero-order valence-electron chi connectivity index (χ0n) is 18.2. The topological polar surface area (TPSA) is 83.0 Å². The fourth-order valence-electron chi connectivity index (χ4n) is 3.31. The molecule has 1 heterocycles. The van der Waals surface area contributed by atoms with Crippen LogP contribution in [0.2, 0.25) is 0 Å². The van der Waals surface area contributed by atoms with E-state index in [0.29, 0.717) is 32.0 Å². The van der Waals surface area contributed by atoms with Crippen LogP contribution in [-0.2, 0) is 14.8 Å². The highest BCUT2D eigenvalue weighted by Crippen LogP contribution is 2.15. The van der Waals surface area contributed by atoms with Crippen LogP contribution in [0.5, 0.6) is 0 Å². The third kappa shape index (κ3) is 10.1. The van der Waals surface area contributed by atoms with Crippen LogP contribution in [0.1, 0.15) is 60.3 Å². The van der Waals surface area contributed by atoms with Crippen molar-refractivity contribution in [2.45, 2.75) is 72.4 Å². The molecule has 9 heteroatoms. The van der Waals surface area contributed by atoms with E-state index >= 15 is 0 Å². The second kappa shape index (κ2) is 14.8. The first kappa shape index (κ1) is 27.9. The maximum Gasteiger partial charge on any atom is 0.214 e. The molecule has 7 nitrogen and oxygen atoms in total. The molecule has 0 radical (unpaired) electrons. The molecule has 1 atom stereocenters. The van der Waals surface area contributed by atoms with Crippen LogP contribution < -0.4 is 10.6 Å². The van der Waals surface area contributed by atoms with Gasteiger partial charge in [0.15, 0.2) is 5.96 Å². The molecule has 1 aliphatic rings. The second-order valence-corrected chi connectivity index (χ2v) is 9.51. The van der Waals surface area contributed by atoms with Crippen molar-refractivity contribution < 1.29 is 13.2 Å². The van der Waals surface area contributed by atoms with Gasteiger partial charge in [-0.3, -0.25) is 4.99 Å². The number of ether oxygens (including phenoxy) is 1. The van der Waals surface area contributed by atoms with Gasteiger partial charge in [0.25, 0.3) is 0 Å². The van der Waals surface area contributed by atoms with Crippen LogP contribution in [0.4, 0.5) is 0 Å². The summed E-state index contributed by atoms with van der Waals surface area (Å²) in [5.74, 6) is 1.53. The summed E-state index contributed by atoms with van der Waals surface area (Å²) in [4.78, 5) is 4.69. The predicted molar refractivity (Wildman–Crippen MR) is 128 cm³/mol. The van der Waals surface area contributed by atoms with E-state index in [1.54, 1.807) is 4.31 Å². The molecule has 28 heavy (non-hydrogen) atoms. The van der Waals surface area contributed by atoms with Crippen molar-refractivity contribution in [3.63, 3.8) is 0 Å². The Morgan fingerprint density at radius 1 is 1.21 bits per heavy atom. The minimum atomic E-state index is -3.09. The predicted octanol–water partition coefficient (Wildman–Crippen LogP) is 2.81. The monoisotopic (exact) mass is 532 g/mol. The van der Waals surface area contributed by atoms with Gasteiger partial charge < -0.3 is 15.4 Å². The summed E-state index contributed by atoms with van der Waals surface area (Å²) in [6.07, 6.45) is 3.41. The van der Waals surface area contributed by atoms with Gasteiger partial charge >= 0.3 is 0 Å². The molecule has 1 unspecified atom stereocenters. The third-order valence-electron chi connectivity index (χ3n) is 4.80. The second-order valence-electron chi connectivity index (χ2n) is 7.42. The summed E-state index contributed by atoms with van der Waals surface area (Å²) in [5.41, 5.74) is 0. The fraction of sp³-hybridized carbons (Fsp3) is 0.947. The quantitative estimate of drug-likeness (QED) is 0.243. The molecule has 0 aliphatic carbocycles. The van der Waals surface area contributed by atoms with Crippen molar-refractivity contribution in [3.05, 3.63) is 0 Å². The van der Waals surface area contributed by atoms with Crippen molar-refractivity contribution in [2.75, 3.05) is 38.5 Å². The van der Waals surface area contributed by atoms with E-state index < -0.39 is 10.0 Å². The first-order valence-corrected chi connectivity index (χ1v) is 12.1. The highest BCUT2D eigenvalue weighted by molar-refractivity contribution is 14.0. The first-order chi connectivity index (χ1) is 12.8. The van der Waals surface area contributed by atoms with Crippen molar-refractivity contribution >= 4 is 40.0 Å². The Hall–Kier alpha value is -0.130. The van der Waals surface area contributed by atoms with Crippen LogP contribution >= 0.6 is 24.0 Å². The number of sulfonamides is 1. The number of rotatable bonds is 11. The van der Waals surface area contributed by atoms with Crippen molar-refractivity contribution in [3.8, 4) is 0 Å². The summed E-state index contributed by atoms with van der Waals surface area (Å²) >= 11 is 0. The summed E-state index contributed by atoms with van der Waals surface area (Å²) < 4.78 is 31.8. The molecule has 0 aromatic carbocycles. The van der Waals surface area contributed by atoms with Crippen molar-refractivity contribution in [1.82, 2.24) is 14.9 Å². The largest absolute Gasteiger partial charge is 0.378 e. The molecular formula is C19H41IN4O3S. The van der Waals surface area contributed by atoms with Gasteiger partial charge in [-0.05, 0) is 45.4 Å². The molecule has 1 aliphatic heterocycles. The Morgan fingerprint density at radius 2 is 1.86 bits per heavy atom. The standard InChI is InChI=1S/C19H40N4O3S.HI/c1-6-15-27(24,25)23-13-10-17(11-14-23)22-19(20-7-2)21-12-9-18(16(4)5)26-8-3;/h16-18H,6-15H2,1-5H3,(H2,20,21,22);1H. The maximum absolute atomic E-state index is 12.2. The highest BCUT2D eigenvalue weighted by Gasteiger charge is 2.27. The number of halogens is 1. The van der Waals surface area contributed by atoms with Gasteiger partial charge in [-0.1, -0.05) is 20.8 Å². The van der Waals surface area contributed by atoms with E-state index in [4.69, 9.17) is 9.73 Å².